The summed E-state index contributed by atoms with van der Waals surface area (Å²) < 4.78 is 11.1. The van der Waals surface area contributed by atoms with Gasteiger partial charge in [-0.2, -0.15) is 0 Å². The number of para-hydroxylation sites is 1. The summed E-state index contributed by atoms with van der Waals surface area (Å²) in [4.78, 5) is 12.4. The Morgan fingerprint density at radius 3 is 2.85 bits per heavy atom. The van der Waals surface area contributed by atoms with E-state index in [4.69, 9.17) is 15.2 Å². The minimum Gasteiger partial charge on any atom is -0.486 e. The summed E-state index contributed by atoms with van der Waals surface area (Å²) in [6.07, 6.45) is 4.17. The van der Waals surface area contributed by atoms with E-state index in [-0.39, 0.29) is 18.0 Å². The first kappa shape index (κ1) is 13.2. The number of ether oxygens (including phenoxy) is 2. The van der Waals surface area contributed by atoms with Gasteiger partial charge in [-0.3, -0.25) is 4.79 Å². The van der Waals surface area contributed by atoms with E-state index >= 15 is 0 Å². The number of fused-ring (bicyclic) bond motifs is 1. The number of nitrogens with two attached hydrogens (primary N) is 1. The van der Waals surface area contributed by atoms with Gasteiger partial charge in [-0.15, -0.1) is 0 Å². The van der Waals surface area contributed by atoms with E-state index in [0.717, 1.165) is 25.7 Å². The van der Waals surface area contributed by atoms with E-state index < -0.39 is 0 Å². The Morgan fingerprint density at radius 2 is 2.00 bits per heavy atom. The SMILES string of the molecule is N[C@@H]1CCCC[C@@H]1NC(=O)c1cccc2c1OCCO2. The summed E-state index contributed by atoms with van der Waals surface area (Å²) in [5, 5.41) is 3.04. The molecular weight excluding hydrogens is 256 g/mol. The number of amides is 1. The molecule has 0 aromatic heterocycles. The van der Waals surface area contributed by atoms with Crippen LogP contribution in [0.1, 0.15) is 36.0 Å². The monoisotopic (exact) mass is 276 g/mol. The molecule has 20 heavy (non-hydrogen) atoms. The van der Waals surface area contributed by atoms with Gasteiger partial charge in [0.15, 0.2) is 11.5 Å². The average Bonchev–Trinajstić information content (AvgIpc) is 2.49. The number of hydrogen-bond donors (Lipinski definition) is 2. The summed E-state index contributed by atoms with van der Waals surface area (Å²) in [6, 6.07) is 5.49. The molecule has 1 aliphatic carbocycles. The fraction of sp³-hybridized carbons (Fsp3) is 0.533. The second-order valence-corrected chi connectivity index (χ2v) is 5.36. The lowest BCUT2D eigenvalue weighted by molar-refractivity contribution is 0.0910. The number of carbonyl (C=O) groups is 1. The Kier molecular flexibility index (Phi) is 3.78. The molecule has 5 heteroatoms. The van der Waals surface area contributed by atoms with Crippen molar-refractivity contribution in [1.29, 1.82) is 0 Å². The van der Waals surface area contributed by atoms with Crippen molar-refractivity contribution in [1.82, 2.24) is 5.32 Å². The molecule has 2 aliphatic rings. The zero-order chi connectivity index (χ0) is 13.9. The van der Waals surface area contributed by atoms with E-state index in [1.807, 2.05) is 12.1 Å². The highest BCUT2D eigenvalue weighted by molar-refractivity contribution is 5.98. The molecule has 0 saturated heterocycles. The van der Waals surface area contributed by atoms with Crippen LogP contribution in [0.3, 0.4) is 0 Å². The van der Waals surface area contributed by atoms with Gasteiger partial charge in [0.2, 0.25) is 0 Å². The van der Waals surface area contributed by atoms with E-state index in [1.165, 1.54) is 0 Å². The minimum atomic E-state index is -0.130. The van der Waals surface area contributed by atoms with Gasteiger partial charge in [0.25, 0.3) is 5.91 Å². The summed E-state index contributed by atoms with van der Waals surface area (Å²) in [5.74, 6) is 1.05. The van der Waals surface area contributed by atoms with Gasteiger partial charge in [-0.25, -0.2) is 0 Å². The molecule has 2 atom stereocenters. The van der Waals surface area contributed by atoms with Crippen LogP contribution in [0.15, 0.2) is 18.2 Å². The number of rotatable bonds is 2. The van der Waals surface area contributed by atoms with Gasteiger partial charge in [-0.1, -0.05) is 18.9 Å². The van der Waals surface area contributed by atoms with Crippen LogP contribution in [0.25, 0.3) is 0 Å². The van der Waals surface area contributed by atoms with Crippen LogP contribution in [0, 0.1) is 0 Å². The van der Waals surface area contributed by atoms with Crippen LogP contribution in [0.4, 0.5) is 0 Å². The first-order valence-corrected chi connectivity index (χ1v) is 7.21. The predicted molar refractivity (Wildman–Crippen MR) is 75.1 cm³/mol. The molecule has 1 saturated carbocycles. The first-order valence-electron chi connectivity index (χ1n) is 7.21. The van der Waals surface area contributed by atoms with Crippen LogP contribution >= 0.6 is 0 Å². The molecule has 3 rings (SSSR count). The van der Waals surface area contributed by atoms with Crippen molar-refractivity contribution in [3.05, 3.63) is 23.8 Å². The van der Waals surface area contributed by atoms with Crippen molar-refractivity contribution >= 4 is 5.91 Å². The molecule has 1 amide bonds. The lowest BCUT2D eigenvalue weighted by atomic mass is 9.91. The third-order valence-electron chi connectivity index (χ3n) is 3.95. The maximum Gasteiger partial charge on any atom is 0.255 e. The van der Waals surface area contributed by atoms with E-state index in [9.17, 15) is 4.79 Å². The van der Waals surface area contributed by atoms with Crippen molar-refractivity contribution in [2.24, 2.45) is 5.73 Å². The summed E-state index contributed by atoms with van der Waals surface area (Å²) in [6.45, 7) is 0.992. The molecule has 1 aromatic carbocycles. The highest BCUT2D eigenvalue weighted by Crippen LogP contribution is 2.33. The van der Waals surface area contributed by atoms with Crippen molar-refractivity contribution in [3.63, 3.8) is 0 Å². The molecule has 1 fully saturated rings. The third-order valence-corrected chi connectivity index (χ3v) is 3.95. The van der Waals surface area contributed by atoms with Gasteiger partial charge in [0.05, 0.1) is 5.56 Å². The molecular formula is C15H20N2O3. The largest absolute Gasteiger partial charge is 0.486 e. The second kappa shape index (κ2) is 5.71. The molecule has 0 bridgehead atoms. The van der Waals surface area contributed by atoms with Gasteiger partial charge < -0.3 is 20.5 Å². The van der Waals surface area contributed by atoms with Gasteiger partial charge >= 0.3 is 0 Å². The van der Waals surface area contributed by atoms with Crippen LogP contribution in [-0.2, 0) is 0 Å². The standard InChI is InChI=1S/C15H20N2O3/c16-11-5-1-2-6-12(11)17-15(18)10-4-3-7-13-14(10)20-9-8-19-13/h3-4,7,11-12H,1-2,5-6,8-9,16H2,(H,17,18)/t11-,12+/m1/s1. The van der Waals surface area contributed by atoms with E-state index in [0.29, 0.717) is 30.3 Å². The minimum absolute atomic E-state index is 0.0457. The van der Waals surface area contributed by atoms with Crippen molar-refractivity contribution in [2.75, 3.05) is 13.2 Å². The van der Waals surface area contributed by atoms with E-state index in [2.05, 4.69) is 5.32 Å². The third kappa shape index (κ3) is 2.58. The molecule has 0 spiro atoms. The molecule has 5 nitrogen and oxygen atoms in total. The van der Waals surface area contributed by atoms with Crippen molar-refractivity contribution < 1.29 is 14.3 Å². The highest BCUT2D eigenvalue weighted by Gasteiger charge is 2.26. The number of hydrogen-bond acceptors (Lipinski definition) is 4. The Labute approximate surface area is 118 Å². The maximum atomic E-state index is 12.4. The van der Waals surface area contributed by atoms with Gasteiger partial charge in [-0.05, 0) is 25.0 Å². The lowest BCUT2D eigenvalue weighted by Crippen LogP contribution is -2.49. The fourth-order valence-corrected chi connectivity index (χ4v) is 2.84. The smallest absolute Gasteiger partial charge is 0.255 e. The molecule has 1 aliphatic heterocycles. The number of carbonyl (C=O) groups excluding carboxylic acids is 1. The molecule has 0 unspecified atom stereocenters. The lowest BCUT2D eigenvalue weighted by Gasteiger charge is -2.29. The summed E-state index contributed by atoms with van der Waals surface area (Å²) in [7, 11) is 0. The van der Waals surface area contributed by atoms with Gasteiger partial charge in [0, 0.05) is 12.1 Å². The van der Waals surface area contributed by atoms with Crippen molar-refractivity contribution in [3.8, 4) is 11.5 Å². The van der Waals surface area contributed by atoms with Crippen LogP contribution in [-0.4, -0.2) is 31.2 Å². The Bertz CT molecular complexity index is 504. The molecule has 1 heterocycles. The summed E-state index contributed by atoms with van der Waals surface area (Å²) in [5.41, 5.74) is 6.60. The first-order chi connectivity index (χ1) is 9.75. The predicted octanol–water partition coefficient (Wildman–Crippen LogP) is 1.46. The topological polar surface area (TPSA) is 73.6 Å². The quantitative estimate of drug-likeness (QED) is 0.857. The normalized spacial score (nSPS) is 25.1. The van der Waals surface area contributed by atoms with E-state index in [1.54, 1.807) is 6.07 Å². The van der Waals surface area contributed by atoms with Crippen LogP contribution in [0.5, 0.6) is 11.5 Å². The zero-order valence-electron chi connectivity index (χ0n) is 11.4. The van der Waals surface area contributed by atoms with Crippen molar-refractivity contribution in [2.45, 2.75) is 37.8 Å². The molecule has 3 N–H and O–H groups in total. The average molecular weight is 276 g/mol. The summed E-state index contributed by atoms with van der Waals surface area (Å²) >= 11 is 0. The number of benzene rings is 1. The Hall–Kier alpha value is -1.75. The highest BCUT2D eigenvalue weighted by atomic mass is 16.6. The Morgan fingerprint density at radius 1 is 1.20 bits per heavy atom. The van der Waals surface area contributed by atoms with Crippen LogP contribution in [0.2, 0.25) is 0 Å². The second-order valence-electron chi connectivity index (χ2n) is 5.36. The maximum absolute atomic E-state index is 12.4. The van der Waals surface area contributed by atoms with Gasteiger partial charge in [0.1, 0.15) is 13.2 Å². The Balaban J connectivity index is 1.77. The molecule has 108 valence electrons. The molecule has 0 radical (unpaired) electrons. The number of nitrogens with one attached hydrogen (secondary N) is 1. The van der Waals surface area contributed by atoms with Crippen LogP contribution < -0.4 is 20.5 Å². The zero-order valence-corrected chi connectivity index (χ0v) is 11.4. The molecule has 1 aromatic rings. The fourth-order valence-electron chi connectivity index (χ4n) is 2.84.